The van der Waals surface area contributed by atoms with E-state index in [9.17, 15) is 4.79 Å². The molecule has 2 rings (SSSR count). The molecule has 1 amide bonds. The molecule has 0 unspecified atom stereocenters. The molecule has 19 heavy (non-hydrogen) atoms. The summed E-state index contributed by atoms with van der Waals surface area (Å²) in [4.78, 5) is 14.0. The van der Waals surface area contributed by atoms with E-state index >= 15 is 0 Å². The van der Waals surface area contributed by atoms with Crippen molar-refractivity contribution in [2.75, 3.05) is 19.9 Å². The van der Waals surface area contributed by atoms with Gasteiger partial charge in [-0.2, -0.15) is 11.3 Å². The van der Waals surface area contributed by atoms with Crippen LogP contribution in [0.25, 0.3) is 0 Å². The minimum atomic E-state index is -0.109. The van der Waals surface area contributed by atoms with Crippen LogP contribution in [-0.2, 0) is 6.54 Å². The van der Waals surface area contributed by atoms with Gasteiger partial charge in [0.05, 0.1) is 18.4 Å². The highest BCUT2D eigenvalue weighted by atomic mass is 32.1. The van der Waals surface area contributed by atoms with Crippen LogP contribution in [0.1, 0.15) is 15.9 Å². The lowest BCUT2D eigenvalue weighted by atomic mass is 10.1. The Bertz CT molecular complexity index is 567. The first kappa shape index (κ1) is 13.4. The van der Waals surface area contributed by atoms with Crippen molar-refractivity contribution >= 4 is 22.9 Å². The molecular formula is C14H16N2O2S. The third kappa shape index (κ3) is 2.88. The molecule has 1 aromatic carbocycles. The number of methoxy groups -OCH3 is 1. The van der Waals surface area contributed by atoms with Crippen LogP contribution < -0.4 is 10.5 Å². The molecule has 0 spiro atoms. The molecule has 0 fully saturated rings. The third-order valence-electron chi connectivity index (χ3n) is 2.86. The molecule has 4 nitrogen and oxygen atoms in total. The number of carbonyl (C=O) groups excluding carboxylic acids is 1. The summed E-state index contributed by atoms with van der Waals surface area (Å²) in [6, 6.07) is 7.22. The predicted octanol–water partition coefficient (Wildman–Crippen LogP) is 2.61. The molecule has 0 radical (unpaired) electrons. The van der Waals surface area contributed by atoms with Crippen LogP contribution in [0.5, 0.6) is 5.75 Å². The number of benzene rings is 1. The summed E-state index contributed by atoms with van der Waals surface area (Å²) in [6.45, 7) is 0.568. The Morgan fingerprint density at radius 1 is 1.42 bits per heavy atom. The standard InChI is InChI=1S/C14H16N2O2S/c1-16(8-10-6-7-19-9-10)14(17)11-4-3-5-12(18-2)13(11)15/h3-7,9H,8,15H2,1-2H3. The first-order valence-electron chi connectivity index (χ1n) is 5.82. The number of thiophene rings is 1. The zero-order valence-corrected chi connectivity index (χ0v) is 11.7. The topological polar surface area (TPSA) is 55.6 Å². The van der Waals surface area contributed by atoms with Crippen molar-refractivity contribution in [1.29, 1.82) is 0 Å². The first-order chi connectivity index (χ1) is 9.13. The maximum atomic E-state index is 12.4. The minimum Gasteiger partial charge on any atom is -0.495 e. The lowest BCUT2D eigenvalue weighted by Crippen LogP contribution is -2.26. The summed E-state index contributed by atoms with van der Waals surface area (Å²) in [7, 11) is 3.30. The van der Waals surface area contributed by atoms with Crippen molar-refractivity contribution in [3.05, 3.63) is 46.2 Å². The van der Waals surface area contributed by atoms with E-state index in [4.69, 9.17) is 10.5 Å². The minimum absolute atomic E-state index is 0.109. The number of nitrogen functional groups attached to an aromatic ring is 1. The maximum absolute atomic E-state index is 12.4. The van der Waals surface area contributed by atoms with Crippen molar-refractivity contribution in [2.45, 2.75) is 6.54 Å². The van der Waals surface area contributed by atoms with Crippen LogP contribution in [0, 0.1) is 0 Å². The molecule has 0 saturated carbocycles. The number of hydrogen-bond donors (Lipinski definition) is 1. The van der Waals surface area contributed by atoms with Crippen molar-refractivity contribution < 1.29 is 9.53 Å². The molecule has 0 atom stereocenters. The number of amides is 1. The highest BCUT2D eigenvalue weighted by Crippen LogP contribution is 2.26. The van der Waals surface area contributed by atoms with Gasteiger partial charge in [0, 0.05) is 13.6 Å². The number of anilines is 1. The van der Waals surface area contributed by atoms with Crippen molar-refractivity contribution in [1.82, 2.24) is 4.90 Å². The number of nitrogens with zero attached hydrogens (tertiary/aromatic N) is 1. The quantitative estimate of drug-likeness (QED) is 0.873. The molecule has 0 aliphatic heterocycles. The third-order valence-corrected chi connectivity index (χ3v) is 3.60. The summed E-state index contributed by atoms with van der Waals surface area (Å²) in [5.74, 6) is 0.414. The van der Waals surface area contributed by atoms with Gasteiger partial charge in [0.2, 0.25) is 0 Å². The fraction of sp³-hybridized carbons (Fsp3) is 0.214. The summed E-state index contributed by atoms with van der Waals surface area (Å²) >= 11 is 1.62. The molecule has 0 saturated heterocycles. The Kier molecular flexibility index (Phi) is 4.06. The van der Waals surface area contributed by atoms with Crippen LogP contribution in [-0.4, -0.2) is 25.0 Å². The lowest BCUT2D eigenvalue weighted by molar-refractivity contribution is 0.0786. The zero-order chi connectivity index (χ0) is 13.8. The van der Waals surface area contributed by atoms with E-state index < -0.39 is 0 Å². The highest BCUT2D eigenvalue weighted by Gasteiger charge is 2.17. The molecule has 100 valence electrons. The highest BCUT2D eigenvalue weighted by molar-refractivity contribution is 7.07. The Balaban J connectivity index is 2.19. The SMILES string of the molecule is COc1cccc(C(=O)N(C)Cc2ccsc2)c1N. The number of ether oxygens (including phenoxy) is 1. The van der Waals surface area contributed by atoms with Gasteiger partial charge in [-0.25, -0.2) is 0 Å². The second kappa shape index (κ2) is 5.75. The summed E-state index contributed by atoms with van der Waals surface area (Å²) in [5, 5.41) is 4.02. The van der Waals surface area contributed by atoms with E-state index in [2.05, 4.69) is 0 Å². The number of carbonyl (C=O) groups is 1. The van der Waals surface area contributed by atoms with Gasteiger partial charge in [-0.15, -0.1) is 0 Å². The summed E-state index contributed by atoms with van der Waals surface area (Å²) in [5.41, 5.74) is 7.90. The molecule has 1 heterocycles. The fourth-order valence-electron chi connectivity index (χ4n) is 1.84. The van der Waals surface area contributed by atoms with Crippen molar-refractivity contribution in [3.63, 3.8) is 0 Å². The van der Waals surface area contributed by atoms with Gasteiger partial charge < -0.3 is 15.4 Å². The van der Waals surface area contributed by atoms with Gasteiger partial charge >= 0.3 is 0 Å². The predicted molar refractivity (Wildman–Crippen MR) is 77.5 cm³/mol. The number of nitrogens with two attached hydrogens (primary N) is 1. The first-order valence-corrected chi connectivity index (χ1v) is 6.76. The van der Waals surface area contributed by atoms with E-state index in [1.165, 1.54) is 7.11 Å². The Hall–Kier alpha value is -2.01. The van der Waals surface area contributed by atoms with Crippen molar-refractivity contribution in [2.24, 2.45) is 0 Å². The normalized spacial score (nSPS) is 10.2. The average molecular weight is 276 g/mol. The Morgan fingerprint density at radius 3 is 2.84 bits per heavy atom. The van der Waals surface area contributed by atoms with Gasteiger partial charge in [-0.3, -0.25) is 4.79 Å². The fourth-order valence-corrected chi connectivity index (χ4v) is 2.50. The van der Waals surface area contributed by atoms with E-state index in [0.29, 0.717) is 23.5 Å². The van der Waals surface area contributed by atoms with Gasteiger partial charge in [-0.1, -0.05) is 6.07 Å². The molecule has 2 aromatic rings. The molecule has 0 aliphatic carbocycles. The molecular weight excluding hydrogens is 260 g/mol. The number of hydrogen-bond acceptors (Lipinski definition) is 4. The van der Waals surface area contributed by atoms with Crippen LogP contribution in [0.3, 0.4) is 0 Å². The molecule has 0 bridgehead atoms. The Morgan fingerprint density at radius 2 is 2.21 bits per heavy atom. The summed E-state index contributed by atoms with van der Waals surface area (Å²) in [6.07, 6.45) is 0. The van der Waals surface area contributed by atoms with E-state index in [1.54, 1.807) is 41.5 Å². The Labute approximate surface area is 116 Å². The van der Waals surface area contributed by atoms with Gasteiger partial charge in [0.25, 0.3) is 5.91 Å². The van der Waals surface area contributed by atoms with Gasteiger partial charge in [0.1, 0.15) is 5.75 Å². The monoisotopic (exact) mass is 276 g/mol. The van der Waals surface area contributed by atoms with Crippen LogP contribution in [0.2, 0.25) is 0 Å². The lowest BCUT2D eigenvalue weighted by Gasteiger charge is -2.18. The van der Waals surface area contributed by atoms with E-state index in [1.807, 2.05) is 16.8 Å². The van der Waals surface area contributed by atoms with Crippen LogP contribution >= 0.6 is 11.3 Å². The zero-order valence-electron chi connectivity index (χ0n) is 10.9. The van der Waals surface area contributed by atoms with Gasteiger partial charge in [0.15, 0.2) is 0 Å². The second-order valence-corrected chi connectivity index (χ2v) is 4.99. The van der Waals surface area contributed by atoms with E-state index in [0.717, 1.165) is 5.56 Å². The smallest absolute Gasteiger partial charge is 0.256 e. The van der Waals surface area contributed by atoms with Gasteiger partial charge in [-0.05, 0) is 34.5 Å². The molecule has 1 aromatic heterocycles. The molecule has 0 aliphatic rings. The number of para-hydroxylation sites is 1. The molecule has 2 N–H and O–H groups in total. The summed E-state index contributed by atoms with van der Waals surface area (Å²) < 4.78 is 5.13. The molecule has 5 heteroatoms. The average Bonchev–Trinajstić information content (AvgIpc) is 2.91. The van der Waals surface area contributed by atoms with Crippen LogP contribution in [0.15, 0.2) is 35.0 Å². The maximum Gasteiger partial charge on any atom is 0.256 e. The van der Waals surface area contributed by atoms with Crippen molar-refractivity contribution in [3.8, 4) is 5.75 Å². The second-order valence-electron chi connectivity index (χ2n) is 4.21. The largest absolute Gasteiger partial charge is 0.495 e. The number of rotatable bonds is 4. The van der Waals surface area contributed by atoms with E-state index in [-0.39, 0.29) is 5.91 Å². The van der Waals surface area contributed by atoms with Crippen LogP contribution in [0.4, 0.5) is 5.69 Å².